The summed E-state index contributed by atoms with van der Waals surface area (Å²) in [5, 5.41) is 7.56. The van der Waals surface area contributed by atoms with Crippen LogP contribution in [0.4, 0.5) is 5.69 Å². The maximum Gasteiger partial charge on any atom is 0.275 e. The van der Waals surface area contributed by atoms with Gasteiger partial charge in [-0.2, -0.15) is 0 Å². The highest BCUT2D eigenvalue weighted by Crippen LogP contribution is 2.30. The molecule has 0 unspecified atom stereocenters. The monoisotopic (exact) mass is 470 g/mol. The molecule has 3 aromatic heterocycles. The van der Waals surface area contributed by atoms with Gasteiger partial charge in [0.1, 0.15) is 5.69 Å². The quantitative estimate of drug-likeness (QED) is 0.412. The largest absolute Gasteiger partial charge is 0.344 e. The van der Waals surface area contributed by atoms with Gasteiger partial charge in [0.05, 0.1) is 41.7 Å². The Hall–Kier alpha value is -3.66. The van der Waals surface area contributed by atoms with Crippen molar-refractivity contribution < 1.29 is 10.1 Å². The number of aromatic nitrogens is 4. The van der Waals surface area contributed by atoms with E-state index in [9.17, 15) is 4.79 Å². The van der Waals surface area contributed by atoms with Gasteiger partial charge in [0.25, 0.3) is 5.91 Å². The fourth-order valence-corrected chi connectivity index (χ4v) is 5.20. The summed E-state index contributed by atoms with van der Waals surface area (Å²) >= 11 is 1.65. The van der Waals surface area contributed by atoms with Crippen LogP contribution in [0.3, 0.4) is 0 Å². The SMILES string of the molecule is O=C(Nc1ccccc1-c1cn2c(CN3CC[NH2+]CC3)csc2n1)c1cnc2ccccc2n1. The van der Waals surface area contributed by atoms with E-state index in [-0.39, 0.29) is 11.6 Å². The lowest BCUT2D eigenvalue weighted by atomic mass is 10.1. The van der Waals surface area contributed by atoms with E-state index in [1.807, 2.05) is 48.5 Å². The van der Waals surface area contributed by atoms with Gasteiger partial charge >= 0.3 is 0 Å². The second-order valence-corrected chi connectivity index (χ2v) is 9.23. The molecule has 1 aliphatic heterocycles. The molecule has 1 aliphatic rings. The number of thiazole rings is 1. The first-order valence-electron chi connectivity index (χ1n) is 11.4. The molecule has 0 bridgehead atoms. The van der Waals surface area contributed by atoms with Crippen LogP contribution in [0, 0.1) is 0 Å². The second-order valence-electron chi connectivity index (χ2n) is 8.39. The van der Waals surface area contributed by atoms with Crippen LogP contribution in [0.5, 0.6) is 0 Å². The van der Waals surface area contributed by atoms with Crippen molar-refractivity contribution in [1.29, 1.82) is 0 Å². The Bertz CT molecular complexity index is 1490. The molecule has 1 amide bonds. The number of imidazole rings is 1. The molecule has 0 saturated carbocycles. The molecule has 0 aliphatic carbocycles. The second kappa shape index (κ2) is 8.94. The number of nitrogens with zero attached hydrogens (tertiary/aromatic N) is 5. The minimum Gasteiger partial charge on any atom is -0.344 e. The average Bonchev–Trinajstić information content (AvgIpc) is 3.46. The van der Waals surface area contributed by atoms with Crippen molar-refractivity contribution in [2.45, 2.75) is 6.54 Å². The zero-order chi connectivity index (χ0) is 22.9. The van der Waals surface area contributed by atoms with Crippen LogP contribution < -0.4 is 10.6 Å². The summed E-state index contributed by atoms with van der Waals surface area (Å²) in [5.41, 5.74) is 5.38. The van der Waals surface area contributed by atoms with Gasteiger partial charge in [0.15, 0.2) is 4.96 Å². The third kappa shape index (κ3) is 4.05. The summed E-state index contributed by atoms with van der Waals surface area (Å²) in [6.45, 7) is 5.42. The number of nitrogens with one attached hydrogen (secondary N) is 1. The summed E-state index contributed by atoms with van der Waals surface area (Å²) in [6.07, 6.45) is 3.58. The number of fused-ring (bicyclic) bond motifs is 2. The van der Waals surface area contributed by atoms with Crippen molar-refractivity contribution in [3.8, 4) is 11.3 Å². The molecule has 0 radical (unpaired) electrons. The van der Waals surface area contributed by atoms with Gasteiger partial charge in [0, 0.05) is 42.5 Å². The highest BCUT2D eigenvalue weighted by Gasteiger charge is 2.18. The van der Waals surface area contributed by atoms with E-state index < -0.39 is 0 Å². The van der Waals surface area contributed by atoms with Crippen LogP contribution in [0.1, 0.15) is 16.2 Å². The van der Waals surface area contributed by atoms with Crippen molar-refractivity contribution in [1.82, 2.24) is 24.3 Å². The molecular formula is C25H24N7OS+. The molecule has 0 atom stereocenters. The Morgan fingerprint density at radius 3 is 2.71 bits per heavy atom. The maximum atomic E-state index is 13.0. The van der Waals surface area contributed by atoms with Crippen LogP contribution in [-0.2, 0) is 6.54 Å². The van der Waals surface area contributed by atoms with E-state index in [2.05, 4.69) is 41.5 Å². The number of nitrogens with two attached hydrogens (primary N) is 1. The molecule has 3 N–H and O–H groups in total. The zero-order valence-electron chi connectivity index (χ0n) is 18.5. The number of benzene rings is 2. The number of anilines is 1. The van der Waals surface area contributed by atoms with E-state index >= 15 is 0 Å². The fraction of sp³-hybridized carbons (Fsp3) is 0.200. The highest BCUT2D eigenvalue weighted by molar-refractivity contribution is 7.15. The van der Waals surface area contributed by atoms with Gasteiger partial charge in [-0.1, -0.05) is 30.3 Å². The zero-order valence-corrected chi connectivity index (χ0v) is 19.3. The number of hydrogen-bond acceptors (Lipinski definition) is 6. The minimum atomic E-state index is -0.297. The van der Waals surface area contributed by atoms with Gasteiger partial charge in [-0.05, 0) is 18.2 Å². The first-order valence-corrected chi connectivity index (χ1v) is 12.2. The Balaban J connectivity index is 1.28. The number of rotatable bonds is 5. The van der Waals surface area contributed by atoms with Crippen molar-refractivity contribution in [2.24, 2.45) is 0 Å². The molecule has 0 spiro atoms. The molecular weight excluding hydrogens is 446 g/mol. The first kappa shape index (κ1) is 20.9. The summed E-state index contributed by atoms with van der Waals surface area (Å²) in [5.74, 6) is -0.297. The topological polar surface area (TPSA) is 92.0 Å². The molecule has 8 nitrogen and oxygen atoms in total. The predicted molar refractivity (Wildman–Crippen MR) is 133 cm³/mol. The van der Waals surface area contributed by atoms with Gasteiger partial charge in [-0.25, -0.2) is 9.97 Å². The van der Waals surface area contributed by atoms with Gasteiger partial charge < -0.3 is 10.6 Å². The number of carbonyl (C=O) groups excluding carboxylic acids is 1. The fourth-order valence-electron chi connectivity index (χ4n) is 4.33. The maximum absolute atomic E-state index is 13.0. The average molecular weight is 471 g/mol. The third-order valence-corrected chi connectivity index (χ3v) is 6.99. The Kier molecular flexibility index (Phi) is 5.50. The molecule has 34 heavy (non-hydrogen) atoms. The van der Waals surface area contributed by atoms with Crippen molar-refractivity contribution in [3.05, 3.63) is 77.7 Å². The summed E-state index contributed by atoms with van der Waals surface area (Å²) in [6, 6.07) is 15.2. The molecule has 170 valence electrons. The van der Waals surface area contributed by atoms with Crippen LogP contribution in [0.15, 0.2) is 66.3 Å². The van der Waals surface area contributed by atoms with Crippen LogP contribution in [0.25, 0.3) is 27.3 Å². The third-order valence-electron chi connectivity index (χ3n) is 6.10. The number of carbonyl (C=O) groups is 1. The molecule has 4 heterocycles. The molecule has 5 aromatic rings. The molecule has 6 rings (SSSR count). The minimum absolute atomic E-state index is 0.278. The lowest BCUT2D eigenvalue weighted by Gasteiger charge is -2.24. The number of quaternary nitrogens is 1. The van der Waals surface area contributed by atoms with Gasteiger partial charge in [-0.3, -0.25) is 19.1 Å². The highest BCUT2D eigenvalue weighted by atomic mass is 32.1. The Labute approximate surface area is 200 Å². The summed E-state index contributed by atoms with van der Waals surface area (Å²) in [4.78, 5) is 30.1. The van der Waals surface area contributed by atoms with Crippen LogP contribution in [-0.4, -0.2) is 56.3 Å². The lowest BCUT2D eigenvalue weighted by Crippen LogP contribution is -2.89. The molecule has 1 saturated heterocycles. The molecule has 1 fully saturated rings. The molecule has 2 aromatic carbocycles. The van der Waals surface area contributed by atoms with Crippen molar-refractivity contribution in [3.63, 3.8) is 0 Å². The Morgan fingerprint density at radius 1 is 1.03 bits per heavy atom. The van der Waals surface area contributed by atoms with Gasteiger partial charge in [0.2, 0.25) is 0 Å². The van der Waals surface area contributed by atoms with E-state index in [1.165, 1.54) is 11.9 Å². The van der Waals surface area contributed by atoms with Crippen LogP contribution in [0.2, 0.25) is 0 Å². The number of para-hydroxylation sites is 3. The normalized spacial score (nSPS) is 14.6. The smallest absolute Gasteiger partial charge is 0.275 e. The number of piperazine rings is 1. The molecule has 9 heteroatoms. The van der Waals surface area contributed by atoms with E-state index in [4.69, 9.17) is 4.98 Å². The summed E-state index contributed by atoms with van der Waals surface area (Å²) < 4.78 is 2.17. The van der Waals surface area contributed by atoms with E-state index in [1.54, 1.807) is 11.3 Å². The predicted octanol–water partition coefficient (Wildman–Crippen LogP) is 2.64. The van der Waals surface area contributed by atoms with Crippen molar-refractivity contribution in [2.75, 3.05) is 31.5 Å². The number of hydrogen-bond donors (Lipinski definition) is 2. The van der Waals surface area contributed by atoms with Crippen molar-refractivity contribution >= 4 is 38.9 Å². The first-order chi connectivity index (χ1) is 16.7. The summed E-state index contributed by atoms with van der Waals surface area (Å²) in [7, 11) is 0. The standard InChI is InChI=1S/C25H23N7OS/c33-24(22-13-27-20-7-3-4-8-21(20)28-22)29-19-6-2-1-5-18(19)23-15-32-17(16-34-25(32)30-23)14-31-11-9-26-10-12-31/h1-8,13,15-16,26H,9-12,14H2,(H,29,33)/p+1. The lowest BCUT2D eigenvalue weighted by molar-refractivity contribution is -0.663. The van der Waals surface area contributed by atoms with Crippen LogP contribution >= 0.6 is 11.3 Å². The number of amides is 1. The van der Waals surface area contributed by atoms with E-state index in [0.29, 0.717) is 11.2 Å². The Morgan fingerprint density at radius 2 is 1.82 bits per heavy atom. The van der Waals surface area contributed by atoms with Gasteiger partial charge in [-0.15, -0.1) is 11.3 Å². The van der Waals surface area contributed by atoms with E-state index in [0.717, 1.165) is 54.5 Å².